The number of esters is 1. The molecule has 1 aromatic carbocycles. The van der Waals surface area contributed by atoms with Crippen LogP contribution in [0.2, 0.25) is 0 Å². The summed E-state index contributed by atoms with van der Waals surface area (Å²) < 4.78 is 5.65. The molecule has 1 atom stereocenters. The second kappa shape index (κ2) is 6.06. The molecular formula is C18H18N6O2. The molecule has 8 heteroatoms. The van der Waals surface area contributed by atoms with E-state index in [2.05, 4.69) is 42.3 Å². The van der Waals surface area contributed by atoms with Gasteiger partial charge in [0.15, 0.2) is 5.65 Å². The molecule has 0 bridgehead atoms. The van der Waals surface area contributed by atoms with Gasteiger partial charge in [0.1, 0.15) is 29.3 Å². The van der Waals surface area contributed by atoms with Crippen molar-refractivity contribution in [3.8, 4) is 5.75 Å². The van der Waals surface area contributed by atoms with Crippen LogP contribution in [0.5, 0.6) is 5.75 Å². The van der Waals surface area contributed by atoms with Crippen molar-refractivity contribution in [3.05, 3.63) is 42.1 Å². The molecule has 26 heavy (non-hydrogen) atoms. The Morgan fingerprint density at radius 1 is 1.23 bits per heavy atom. The number of nitrogens with zero attached hydrogens (tertiary/aromatic N) is 4. The number of rotatable bonds is 2. The fourth-order valence-corrected chi connectivity index (χ4v) is 3.56. The first-order valence-electron chi connectivity index (χ1n) is 8.74. The molecule has 2 aromatic heterocycles. The van der Waals surface area contributed by atoms with Gasteiger partial charge in [-0.2, -0.15) is 0 Å². The third-order valence-corrected chi connectivity index (χ3v) is 4.96. The van der Waals surface area contributed by atoms with Crippen molar-refractivity contribution in [1.29, 1.82) is 0 Å². The zero-order chi connectivity index (χ0) is 17.5. The Kier molecular flexibility index (Phi) is 3.56. The van der Waals surface area contributed by atoms with Crippen molar-refractivity contribution in [2.75, 3.05) is 31.1 Å². The minimum absolute atomic E-state index is 0.290. The summed E-state index contributed by atoms with van der Waals surface area (Å²) in [7, 11) is 0. The van der Waals surface area contributed by atoms with Gasteiger partial charge in [-0.25, -0.2) is 15.0 Å². The molecule has 2 aliphatic rings. The molecule has 0 saturated carbocycles. The Labute approximate surface area is 149 Å². The van der Waals surface area contributed by atoms with E-state index in [1.165, 1.54) is 6.33 Å². The lowest BCUT2D eigenvalue weighted by Crippen LogP contribution is -2.43. The number of hydrogen-bond acceptors (Lipinski definition) is 7. The van der Waals surface area contributed by atoms with Gasteiger partial charge in [-0.3, -0.25) is 4.79 Å². The fourth-order valence-electron chi connectivity index (χ4n) is 3.56. The summed E-state index contributed by atoms with van der Waals surface area (Å²) in [6.45, 7) is 3.84. The van der Waals surface area contributed by atoms with Crippen LogP contribution in [0.1, 0.15) is 17.3 Å². The second-order valence-corrected chi connectivity index (χ2v) is 6.59. The number of carbonyl (C=O) groups excluding carboxylic acids is 1. The van der Waals surface area contributed by atoms with E-state index in [-0.39, 0.29) is 5.97 Å². The van der Waals surface area contributed by atoms with Crippen molar-refractivity contribution < 1.29 is 9.53 Å². The Balaban J connectivity index is 1.44. The van der Waals surface area contributed by atoms with E-state index in [4.69, 9.17) is 4.74 Å². The smallest absolute Gasteiger partial charge is 0.322 e. The fraction of sp³-hybridized carbons (Fsp3) is 0.333. The van der Waals surface area contributed by atoms with Gasteiger partial charge in [0.25, 0.3) is 0 Å². The number of piperazine rings is 1. The van der Waals surface area contributed by atoms with Crippen LogP contribution < -0.4 is 15.0 Å². The Hall–Kier alpha value is -3.00. The summed E-state index contributed by atoms with van der Waals surface area (Å²) in [5.74, 6) is 0.476. The van der Waals surface area contributed by atoms with Crippen LogP contribution >= 0.6 is 0 Å². The zero-order valence-electron chi connectivity index (χ0n) is 14.1. The molecule has 0 aliphatic carbocycles. The van der Waals surface area contributed by atoms with Gasteiger partial charge in [0, 0.05) is 37.9 Å². The van der Waals surface area contributed by atoms with Crippen molar-refractivity contribution in [2.24, 2.45) is 0 Å². The van der Waals surface area contributed by atoms with Crippen LogP contribution in [0.25, 0.3) is 11.2 Å². The predicted octanol–water partition coefficient (Wildman–Crippen LogP) is 1.01. The maximum atomic E-state index is 12.6. The Bertz CT molecular complexity index is 946. The average Bonchev–Trinajstić information content (AvgIpc) is 3.11. The van der Waals surface area contributed by atoms with Gasteiger partial charge >= 0.3 is 5.97 Å². The molecular weight excluding hydrogens is 332 g/mol. The van der Waals surface area contributed by atoms with Crippen LogP contribution in [0.4, 0.5) is 5.69 Å². The van der Waals surface area contributed by atoms with E-state index in [0.717, 1.165) is 42.9 Å². The predicted molar refractivity (Wildman–Crippen MR) is 95.3 cm³/mol. The summed E-state index contributed by atoms with van der Waals surface area (Å²) >= 11 is 0. The van der Waals surface area contributed by atoms with E-state index >= 15 is 0 Å². The summed E-state index contributed by atoms with van der Waals surface area (Å²) in [4.78, 5) is 30.5. The largest absolute Gasteiger partial charge is 0.426 e. The summed E-state index contributed by atoms with van der Waals surface area (Å²) in [6, 6.07) is 6.12. The molecule has 5 rings (SSSR count). The number of hydrogen-bond donors (Lipinski definition) is 2. The number of fused-ring (bicyclic) bond motifs is 2. The molecule has 0 spiro atoms. The standard InChI is InChI=1S/C18H18N6O2/c25-18-13(16-22-14-9-20-10-21-17(14)23-16)7-11-1-2-12(8-15(11)26-18)24-5-3-19-4-6-24/h1-2,8-10,13,19H,3-7H2,(H,20,21,22,23). The van der Waals surface area contributed by atoms with Crippen LogP contribution in [0.15, 0.2) is 30.7 Å². The highest BCUT2D eigenvalue weighted by atomic mass is 16.5. The van der Waals surface area contributed by atoms with E-state index < -0.39 is 5.92 Å². The number of imidazole rings is 1. The number of aromatic nitrogens is 4. The number of aromatic amines is 1. The molecule has 1 saturated heterocycles. The minimum atomic E-state index is -0.457. The van der Waals surface area contributed by atoms with Crippen molar-refractivity contribution in [3.63, 3.8) is 0 Å². The first-order chi connectivity index (χ1) is 12.8. The average molecular weight is 350 g/mol. The molecule has 4 heterocycles. The number of anilines is 1. The number of ether oxygens (including phenoxy) is 1. The molecule has 8 nitrogen and oxygen atoms in total. The summed E-state index contributed by atoms with van der Waals surface area (Å²) in [6.07, 6.45) is 3.66. The topological polar surface area (TPSA) is 96.0 Å². The van der Waals surface area contributed by atoms with Crippen LogP contribution in [-0.2, 0) is 11.2 Å². The van der Waals surface area contributed by atoms with Gasteiger partial charge in [0.2, 0.25) is 0 Å². The Morgan fingerprint density at radius 2 is 2.12 bits per heavy atom. The summed E-state index contributed by atoms with van der Waals surface area (Å²) in [5, 5.41) is 3.34. The van der Waals surface area contributed by atoms with Gasteiger partial charge in [-0.1, -0.05) is 6.07 Å². The Morgan fingerprint density at radius 3 is 2.96 bits per heavy atom. The molecule has 2 aliphatic heterocycles. The first kappa shape index (κ1) is 15.3. The lowest BCUT2D eigenvalue weighted by molar-refractivity contribution is -0.137. The van der Waals surface area contributed by atoms with Crippen LogP contribution in [-0.4, -0.2) is 52.1 Å². The van der Waals surface area contributed by atoms with Crippen molar-refractivity contribution in [1.82, 2.24) is 25.3 Å². The van der Waals surface area contributed by atoms with Crippen LogP contribution in [0.3, 0.4) is 0 Å². The lowest BCUT2D eigenvalue weighted by atomic mass is 9.95. The molecule has 1 fully saturated rings. The maximum Gasteiger partial charge on any atom is 0.322 e. The molecule has 0 radical (unpaired) electrons. The number of benzene rings is 1. The highest BCUT2D eigenvalue weighted by Crippen LogP contribution is 2.35. The van der Waals surface area contributed by atoms with Gasteiger partial charge in [0.05, 0.1) is 6.20 Å². The molecule has 2 N–H and O–H groups in total. The third-order valence-electron chi connectivity index (χ3n) is 4.96. The van der Waals surface area contributed by atoms with E-state index in [0.29, 0.717) is 23.6 Å². The van der Waals surface area contributed by atoms with Gasteiger partial charge in [-0.05, 0) is 18.1 Å². The molecule has 132 valence electrons. The highest BCUT2D eigenvalue weighted by molar-refractivity contribution is 5.84. The van der Waals surface area contributed by atoms with E-state index in [9.17, 15) is 4.79 Å². The molecule has 3 aromatic rings. The lowest BCUT2D eigenvalue weighted by Gasteiger charge is -2.31. The van der Waals surface area contributed by atoms with Crippen molar-refractivity contribution in [2.45, 2.75) is 12.3 Å². The molecule has 1 unspecified atom stereocenters. The number of nitrogens with one attached hydrogen (secondary N) is 2. The SMILES string of the molecule is O=C1Oc2cc(N3CCNCC3)ccc2CC1c1nc2ncncc2[nH]1. The van der Waals surface area contributed by atoms with E-state index in [1.807, 2.05) is 6.07 Å². The monoisotopic (exact) mass is 350 g/mol. The van der Waals surface area contributed by atoms with E-state index in [1.54, 1.807) is 6.20 Å². The van der Waals surface area contributed by atoms with Gasteiger partial charge < -0.3 is 19.9 Å². The number of carbonyl (C=O) groups is 1. The maximum absolute atomic E-state index is 12.6. The minimum Gasteiger partial charge on any atom is -0.426 e. The second-order valence-electron chi connectivity index (χ2n) is 6.59. The van der Waals surface area contributed by atoms with Gasteiger partial charge in [-0.15, -0.1) is 0 Å². The normalized spacial score (nSPS) is 20.1. The highest BCUT2D eigenvalue weighted by Gasteiger charge is 2.32. The van der Waals surface area contributed by atoms with Crippen molar-refractivity contribution >= 4 is 22.8 Å². The first-order valence-corrected chi connectivity index (χ1v) is 8.74. The molecule has 0 amide bonds. The zero-order valence-corrected chi connectivity index (χ0v) is 14.1. The quantitative estimate of drug-likeness (QED) is 0.526. The third kappa shape index (κ3) is 2.59. The van der Waals surface area contributed by atoms with Crippen LogP contribution in [0, 0.1) is 0 Å². The number of H-pyrrole nitrogens is 1. The summed E-state index contributed by atoms with van der Waals surface area (Å²) in [5.41, 5.74) is 3.38.